The second kappa shape index (κ2) is 5.45. The summed E-state index contributed by atoms with van der Waals surface area (Å²) in [6, 6.07) is 12.0. The third-order valence-electron chi connectivity index (χ3n) is 3.26. The number of phenolic OH excluding ortho intramolecular Hbond substituents is 1. The number of hydrogen-bond acceptors (Lipinski definition) is 3. The molecule has 4 nitrogen and oxygen atoms in total. The minimum Gasteiger partial charge on any atom is -0.508 e. The molecule has 0 bridgehead atoms. The third-order valence-corrected chi connectivity index (χ3v) is 3.26. The van der Waals surface area contributed by atoms with Crippen molar-refractivity contribution in [1.82, 2.24) is 0 Å². The number of carbonyl (C=O) groups excluding carboxylic acids is 1. The van der Waals surface area contributed by atoms with Gasteiger partial charge < -0.3 is 10.8 Å². The first kappa shape index (κ1) is 13.6. The highest BCUT2D eigenvalue weighted by atomic mass is 16.3. The second-order valence-electron chi connectivity index (χ2n) is 4.60. The van der Waals surface area contributed by atoms with Crippen LogP contribution in [0.25, 0.3) is 0 Å². The van der Waals surface area contributed by atoms with Gasteiger partial charge in [0.15, 0.2) is 0 Å². The highest BCUT2D eigenvalue weighted by Gasteiger charge is 2.13. The Morgan fingerprint density at radius 3 is 2.70 bits per heavy atom. The number of aromatic hydroxyl groups is 1. The van der Waals surface area contributed by atoms with Gasteiger partial charge in [-0.05, 0) is 41.8 Å². The fourth-order valence-electron chi connectivity index (χ4n) is 2.14. The van der Waals surface area contributed by atoms with E-state index in [0.29, 0.717) is 23.1 Å². The summed E-state index contributed by atoms with van der Waals surface area (Å²) in [5.74, 6) is -0.445. The second-order valence-corrected chi connectivity index (χ2v) is 4.60. The molecule has 0 aromatic heterocycles. The van der Waals surface area contributed by atoms with Crippen LogP contribution >= 0.6 is 0 Å². The topological polar surface area (TPSA) is 87.1 Å². The highest BCUT2D eigenvalue weighted by molar-refractivity contribution is 5.94. The molecule has 0 aliphatic carbocycles. The summed E-state index contributed by atoms with van der Waals surface area (Å²) in [6.07, 6.45) is 0.391. The number of rotatable bonds is 3. The van der Waals surface area contributed by atoms with Crippen LogP contribution in [-0.2, 0) is 6.42 Å². The van der Waals surface area contributed by atoms with Crippen LogP contribution < -0.4 is 5.73 Å². The molecule has 2 aromatic carbocycles. The maximum absolute atomic E-state index is 11.5. The number of aryl methyl sites for hydroxylation is 1. The zero-order valence-corrected chi connectivity index (χ0v) is 11.1. The van der Waals surface area contributed by atoms with Crippen LogP contribution in [0, 0.1) is 18.3 Å². The molecule has 20 heavy (non-hydrogen) atoms. The molecule has 0 radical (unpaired) electrons. The molecule has 3 N–H and O–H groups in total. The van der Waals surface area contributed by atoms with Gasteiger partial charge in [-0.1, -0.05) is 18.2 Å². The van der Waals surface area contributed by atoms with Crippen LogP contribution in [0.1, 0.15) is 32.6 Å². The molecule has 0 aliphatic rings. The molecule has 2 rings (SSSR count). The fraction of sp³-hybridized carbons (Fsp3) is 0.125. The van der Waals surface area contributed by atoms with Gasteiger partial charge in [0.05, 0.1) is 11.6 Å². The summed E-state index contributed by atoms with van der Waals surface area (Å²) < 4.78 is 0. The van der Waals surface area contributed by atoms with Crippen LogP contribution in [-0.4, -0.2) is 11.0 Å². The van der Waals surface area contributed by atoms with Crippen molar-refractivity contribution in [2.24, 2.45) is 5.73 Å². The number of hydrogen-bond donors (Lipinski definition) is 2. The van der Waals surface area contributed by atoms with E-state index in [4.69, 9.17) is 11.0 Å². The van der Waals surface area contributed by atoms with Crippen LogP contribution in [0.3, 0.4) is 0 Å². The standard InChI is InChI=1S/C16H14N2O2/c1-10-3-2-4-13(16(18)20)14(10)8-12-6-5-11(9-17)7-15(12)19/h2-7,19H,8H2,1H3,(H2,18,20). The van der Waals surface area contributed by atoms with E-state index >= 15 is 0 Å². The van der Waals surface area contributed by atoms with Crippen molar-refractivity contribution in [1.29, 1.82) is 5.26 Å². The lowest BCUT2D eigenvalue weighted by atomic mass is 9.94. The number of nitriles is 1. The van der Waals surface area contributed by atoms with Gasteiger partial charge in [0.1, 0.15) is 5.75 Å². The number of carbonyl (C=O) groups is 1. The molecule has 0 saturated heterocycles. The monoisotopic (exact) mass is 266 g/mol. The lowest BCUT2D eigenvalue weighted by Gasteiger charge is -2.11. The smallest absolute Gasteiger partial charge is 0.248 e. The van der Waals surface area contributed by atoms with E-state index in [1.165, 1.54) is 6.07 Å². The molecule has 4 heteroatoms. The zero-order valence-electron chi connectivity index (χ0n) is 11.1. The van der Waals surface area contributed by atoms with Gasteiger partial charge in [-0.3, -0.25) is 4.79 Å². The summed E-state index contributed by atoms with van der Waals surface area (Å²) in [4.78, 5) is 11.5. The lowest BCUT2D eigenvalue weighted by molar-refractivity contribution is 0.0999. The Hall–Kier alpha value is -2.80. The van der Waals surface area contributed by atoms with E-state index in [1.807, 2.05) is 19.1 Å². The number of benzene rings is 2. The summed E-state index contributed by atoms with van der Waals surface area (Å²) in [5, 5.41) is 18.7. The number of nitrogens with zero attached hydrogens (tertiary/aromatic N) is 1. The van der Waals surface area contributed by atoms with Crippen molar-refractivity contribution >= 4 is 5.91 Å². The van der Waals surface area contributed by atoms with Crippen LogP contribution in [0.4, 0.5) is 0 Å². The Bertz CT molecular complexity index is 715. The number of primary amides is 1. The normalized spacial score (nSPS) is 10.0. The van der Waals surface area contributed by atoms with Gasteiger partial charge in [-0.15, -0.1) is 0 Å². The van der Waals surface area contributed by atoms with Crippen LogP contribution in [0.2, 0.25) is 0 Å². The molecule has 2 aromatic rings. The molecule has 0 unspecified atom stereocenters. The Morgan fingerprint density at radius 1 is 1.35 bits per heavy atom. The van der Waals surface area contributed by atoms with E-state index in [2.05, 4.69) is 0 Å². The van der Waals surface area contributed by atoms with Crippen molar-refractivity contribution in [2.75, 3.05) is 0 Å². The van der Waals surface area contributed by atoms with Crippen molar-refractivity contribution in [2.45, 2.75) is 13.3 Å². The molecule has 0 heterocycles. The minimum absolute atomic E-state index is 0.0442. The maximum Gasteiger partial charge on any atom is 0.248 e. The Kier molecular flexibility index (Phi) is 3.72. The Labute approximate surface area is 117 Å². The van der Waals surface area contributed by atoms with E-state index in [0.717, 1.165) is 11.1 Å². The molecular formula is C16H14N2O2. The lowest BCUT2D eigenvalue weighted by Crippen LogP contribution is -2.14. The predicted molar refractivity (Wildman–Crippen MR) is 75.3 cm³/mol. The fourth-order valence-corrected chi connectivity index (χ4v) is 2.14. The largest absolute Gasteiger partial charge is 0.508 e. The molecule has 0 fully saturated rings. The summed E-state index contributed by atoms with van der Waals surface area (Å²) in [7, 11) is 0. The van der Waals surface area contributed by atoms with Crippen molar-refractivity contribution < 1.29 is 9.90 Å². The highest BCUT2D eigenvalue weighted by Crippen LogP contribution is 2.25. The van der Waals surface area contributed by atoms with Crippen molar-refractivity contribution in [3.05, 3.63) is 64.2 Å². The molecule has 0 atom stereocenters. The molecule has 0 aliphatic heterocycles. The number of nitrogens with two attached hydrogens (primary N) is 1. The van der Waals surface area contributed by atoms with Gasteiger partial charge in [0, 0.05) is 12.0 Å². The SMILES string of the molecule is Cc1cccc(C(N)=O)c1Cc1ccc(C#N)cc1O. The van der Waals surface area contributed by atoms with E-state index in [9.17, 15) is 9.90 Å². The van der Waals surface area contributed by atoms with Gasteiger partial charge >= 0.3 is 0 Å². The zero-order chi connectivity index (χ0) is 14.7. The minimum atomic E-state index is -0.489. The Morgan fingerprint density at radius 2 is 2.10 bits per heavy atom. The van der Waals surface area contributed by atoms with Gasteiger partial charge in [0.25, 0.3) is 0 Å². The predicted octanol–water partition coefficient (Wildman–Crippen LogP) is 2.26. The van der Waals surface area contributed by atoms with E-state index < -0.39 is 5.91 Å². The van der Waals surface area contributed by atoms with E-state index in [1.54, 1.807) is 24.3 Å². The summed E-state index contributed by atoms with van der Waals surface area (Å²) in [5.41, 5.74) is 8.60. The van der Waals surface area contributed by atoms with Crippen LogP contribution in [0.5, 0.6) is 5.75 Å². The molecular weight excluding hydrogens is 252 g/mol. The van der Waals surface area contributed by atoms with Crippen molar-refractivity contribution in [3.8, 4) is 11.8 Å². The van der Waals surface area contributed by atoms with Gasteiger partial charge in [-0.2, -0.15) is 5.26 Å². The molecule has 100 valence electrons. The average Bonchev–Trinajstić information content (AvgIpc) is 2.42. The first-order valence-corrected chi connectivity index (χ1v) is 6.13. The molecule has 1 amide bonds. The van der Waals surface area contributed by atoms with Crippen molar-refractivity contribution in [3.63, 3.8) is 0 Å². The molecule has 0 spiro atoms. The third kappa shape index (κ3) is 2.62. The number of phenols is 1. The first-order valence-electron chi connectivity index (χ1n) is 6.13. The quantitative estimate of drug-likeness (QED) is 0.893. The summed E-state index contributed by atoms with van der Waals surface area (Å²) >= 11 is 0. The van der Waals surface area contributed by atoms with Gasteiger partial charge in [0.2, 0.25) is 5.91 Å². The van der Waals surface area contributed by atoms with Crippen LogP contribution in [0.15, 0.2) is 36.4 Å². The average molecular weight is 266 g/mol. The summed E-state index contributed by atoms with van der Waals surface area (Å²) in [6.45, 7) is 1.89. The molecule has 0 saturated carbocycles. The first-order chi connectivity index (χ1) is 9.52. The number of amides is 1. The van der Waals surface area contributed by atoms with Gasteiger partial charge in [-0.25, -0.2) is 0 Å². The van der Waals surface area contributed by atoms with E-state index in [-0.39, 0.29) is 5.75 Å². The maximum atomic E-state index is 11.5. The Balaban J connectivity index is 2.45.